The fraction of sp³-hybridized carbons (Fsp3) is 0.857. The average Bonchev–Trinajstić information content (AvgIpc) is 2.41. The smallest absolute Gasteiger partial charge is 0.233 e. The van der Waals surface area contributed by atoms with Gasteiger partial charge in [0.1, 0.15) is 0 Å². The summed E-state index contributed by atoms with van der Waals surface area (Å²) < 4.78 is 0. The Labute approximate surface area is 105 Å². The van der Waals surface area contributed by atoms with E-state index in [2.05, 4.69) is 0 Å². The van der Waals surface area contributed by atoms with E-state index in [4.69, 9.17) is 0 Å². The zero-order valence-corrected chi connectivity index (χ0v) is 11.9. The van der Waals surface area contributed by atoms with Crippen LogP contribution in [0.5, 0.6) is 0 Å². The van der Waals surface area contributed by atoms with Crippen molar-refractivity contribution in [2.75, 3.05) is 6.54 Å². The van der Waals surface area contributed by atoms with Gasteiger partial charge in [-0.3, -0.25) is 14.5 Å². The molecule has 1 saturated heterocycles. The average molecular weight is 239 g/mol. The lowest BCUT2D eigenvalue weighted by Crippen LogP contribution is -2.35. The minimum absolute atomic E-state index is 0.0306. The van der Waals surface area contributed by atoms with Crippen LogP contribution in [0.25, 0.3) is 0 Å². The Morgan fingerprint density at radius 1 is 1.18 bits per heavy atom. The van der Waals surface area contributed by atoms with Crippen molar-refractivity contribution >= 4 is 11.8 Å². The van der Waals surface area contributed by atoms with E-state index in [1.165, 1.54) is 4.90 Å². The number of hydrogen-bond acceptors (Lipinski definition) is 2. The molecule has 1 aliphatic heterocycles. The van der Waals surface area contributed by atoms with Gasteiger partial charge in [0.05, 0.1) is 11.8 Å². The molecule has 1 rings (SSSR count). The molecule has 0 spiro atoms. The topological polar surface area (TPSA) is 37.4 Å². The zero-order valence-electron chi connectivity index (χ0n) is 11.9. The van der Waals surface area contributed by atoms with Crippen LogP contribution in [0.3, 0.4) is 0 Å². The summed E-state index contributed by atoms with van der Waals surface area (Å²) in [5, 5.41) is 0. The molecule has 0 saturated carbocycles. The standard InChI is InChI=1S/C14H25NO2/c1-7-8-15-12(16)10(9(2)3)11(13(15)17)14(4,5)6/h9-11H,7-8H2,1-6H3. The Bertz CT molecular complexity index is 315. The van der Waals surface area contributed by atoms with E-state index in [1.807, 2.05) is 41.5 Å². The molecule has 0 radical (unpaired) electrons. The Balaban J connectivity index is 3.10. The highest BCUT2D eigenvalue weighted by molar-refractivity contribution is 6.05. The Kier molecular flexibility index (Phi) is 4.00. The molecule has 98 valence electrons. The molecule has 0 N–H and O–H groups in total. The molecule has 0 bridgehead atoms. The molecule has 2 atom stereocenters. The first-order valence-corrected chi connectivity index (χ1v) is 6.57. The number of amides is 2. The van der Waals surface area contributed by atoms with Gasteiger partial charge in [0, 0.05) is 6.54 Å². The summed E-state index contributed by atoms with van der Waals surface area (Å²) in [5.74, 6) is -0.0250. The van der Waals surface area contributed by atoms with Crippen molar-refractivity contribution < 1.29 is 9.59 Å². The minimum Gasteiger partial charge on any atom is -0.282 e. The van der Waals surface area contributed by atoms with Gasteiger partial charge >= 0.3 is 0 Å². The molecule has 1 aliphatic rings. The lowest BCUT2D eigenvalue weighted by atomic mass is 9.71. The van der Waals surface area contributed by atoms with Crippen LogP contribution < -0.4 is 0 Å². The Hall–Kier alpha value is -0.860. The summed E-state index contributed by atoms with van der Waals surface area (Å²) in [6.45, 7) is 12.8. The van der Waals surface area contributed by atoms with E-state index in [9.17, 15) is 9.59 Å². The first kappa shape index (κ1) is 14.2. The van der Waals surface area contributed by atoms with Gasteiger partial charge in [0.25, 0.3) is 0 Å². The molecule has 0 aromatic rings. The molecule has 0 aliphatic carbocycles. The number of imide groups is 1. The van der Waals surface area contributed by atoms with Crippen LogP contribution in [0.4, 0.5) is 0 Å². The molecule has 0 aromatic heterocycles. The number of carbonyl (C=O) groups is 2. The van der Waals surface area contributed by atoms with E-state index < -0.39 is 0 Å². The maximum absolute atomic E-state index is 12.4. The molecule has 3 heteroatoms. The van der Waals surface area contributed by atoms with Crippen LogP contribution in [0.15, 0.2) is 0 Å². The first-order valence-electron chi connectivity index (χ1n) is 6.57. The molecular weight excluding hydrogens is 214 g/mol. The largest absolute Gasteiger partial charge is 0.282 e. The number of likely N-dealkylation sites (tertiary alicyclic amines) is 1. The number of rotatable bonds is 3. The van der Waals surface area contributed by atoms with Crippen molar-refractivity contribution in [1.29, 1.82) is 0 Å². The van der Waals surface area contributed by atoms with Crippen LogP contribution >= 0.6 is 0 Å². The molecular formula is C14H25NO2. The highest BCUT2D eigenvalue weighted by atomic mass is 16.2. The third-order valence-corrected chi connectivity index (χ3v) is 3.54. The minimum atomic E-state index is -0.165. The van der Waals surface area contributed by atoms with Gasteiger partial charge in [-0.1, -0.05) is 41.5 Å². The Morgan fingerprint density at radius 2 is 1.71 bits per heavy atom. The SMILES string of the molecule is CCCN1C(=O)C(C(C)C)C(C(C)(C)C)C1=O. The molecule has 1 fully saturated rings. The van der Waals surface area contributed by atoms with E-state index >= 15 is 0 Å². The third-order valence-electron chi connectivity index (χ3n) is 3.54. The summed E-state index contributed by atoms with van der Waals surface area (Å²) in [5.41, 5.74) is -0.149. The van der Waals surface area contributed by atoms with Crippen molar-refractivity contribution in [3.05, 3.63) is 0 Å². The fourth-order valence-electron chi connectivity index (χ4n) is 2.78. The van der Waals surface area contributed by atoms with Crippen molar-refractivity contribution in [2.45, 2.75) is 48.0 Å². The van der Waals surface area contributed by atoms with Crippen molar-refractivity contribution in [3.63, 3.8) is 0 Å². The maximum atomic E-state index is 12.4. The van der Waals surface area contributed by atoms with Gasteiger partial charge < -0.3 is 0 Å². The molecule has 1 heterocycles. The monoisotopic (exact) mass is 239 g/mol. The third kappa shape index (κ3) is 2.53. The number of carbonyl (C=O) groups excluding carboxylic acids is 2. The summed E-state index contributed by atoms with van der Waals surface area (Å²) in [6.07, 6.45) is 0.832. The summed E-state index contributed by atoms with van der Waals surface area (Å²) >= 11 is 0. The molecule has 0 aromatic carbocycles. The van der Waals surface area contributed by atoms with Crippen LogP contribution in [-0.2, 0) is 9.59 Å². The number of nitrogens with zero attached hydrogens (tertiary/aromatic N) is 1. The van der Waals surface area contributed by atoms with Gasteiger partial charge in [-0.05, 0) is 17.8 Å². The summed E-state index contributed by atoms with van der Waals surface area (Å²) in [7, 11) is 0. The van der Waals surface area contributed by atoms with Crippen LogP contribution in [-0.4, -0.2) is 23.3 Å². The maximum Gasteiger partial charge on any atom is 0.233 e. The second-order valence-corrected chi connectivity index (χ2v) is 6.44. The van der Waals surface area contributed by atoms with Crippen LogP contribution in [0.2, 0.25) is 0 Å². The molecule has 3 nitrogen and oxygen atoms in total. The first-order chi connectivity index (χ1) is 7.71. The quantitative estimate of drug-likeness (QED) is 0.710. The van der Waals surface area contributed by atoms with Gasteiger partial charge in [-0.15, -0.1) is 0 Å². The lowest BCUT2D eigenvalue weighted by Gasteiger charge is -2.30. The van der Waals surface area contributed by atoms with Crippen LogP contribution in [0.1, 0.15) is 48.0 Å². The molecule has 17 heavy (non-hydrogen) atoms. The van der Waals surface area contributed by atoms with Crippen molar-refractivity contribution in [1.82, 2.24) is 4.90 Å². The second kappa shape index (κ2) is 4.79. The number of hydrogen-bond donors (Lipinski definition) is 0. The van der Waals surface area contributed by atoms with E-state index in [0.29, 0.717) is 6.54 Å². The van der Waals surface area contributed by atoms with E-state index in [-0.39, 0.29) is 35.0 Å². The fourth-order valence-corrected chi connectivity index (χ4v) is 2.78. The van der Waals surface area contributed by atoms with E-state index in [1.54, 1.807) is 0 Å². The highest BCUT2D eigenvalue weighted by Crippen LogP contribution is 2.42. The van der Waals surface area contributed by atoms with Gasteiger partial charge in [0.2, 0.25) is 11.8 Å². The predicted molar refractivity (Wildman–Crippen MR) is 68.3 cm³/mol. The normalized spacial score (nSPS) is 26.2. The van der Waals surface area contributed by atoms with Gasteiger partial charge in [0.15, 0.2) is 0 Å². The van der Waals surface area contributed by atoms with Crippen molar-refractivity contribution in [2.24, 2.45) is 23.2 Å². The highest BCUT2D eigenvalue weighted by Gasteiger charge is 2.52. The molecule has 2 unspecified atom stereocenters. The molecule has 2 amide bonds. The van der Waals surface area contributed by atoms with E-state index in [0.717, 1.165) is 6.42 Å². The summed E-state index contributed by atoms with van der Waals surface area (Å²) in [6, 6.07) is 0. The van der Waals surface area contributed by atoms with Crippen LogP contribution in [0, 0.1) is 23.2 Å². The summed E-state index contributed by atoms with van der Waals surface area (Å²) in [4.78, 5) is 26.2. The van der Waals surface area contributed by atoms with Gasteiger partial charge in [-0.2, -0.15) is 0 Å². The predicted octanol–water partition coefficient (Wildman–Crippen LogP) is 2.70. The zero-order chi connectivity index (χ0) is 13.4. The second-order valence-electron chi connectivity index (χ2n) is 6.44. The lowest BCUT2D eigenvalue weighted by molar-refractivity contribution is -0.140. The van der Waals surface area contributed by atoms with Gasteiger partial charge in [-0.25, -0.2) is 0 Å². The Morgan fingerprint density at radius 3 is 2.00 bits per heavy atom. The van der Waals surface area contributed by atoms with Crippen molar-refractivity contribution in [3.8, 4) is 0 Å².